The highest BCUT2D eigenvalue weighted by atomic mass is 16.3. The molecule has 0 saturated carbocycles. The zero-order valence-electron chi connectivity index (χ0n) is 10.4. The molecule has 2 aromatic rings. The smallest absolute Gasteiger partial charge is 0.0646 e. The molecule has 0 amide bonds. The minimum Gasteiger partial charge on any atom is -0.390 e. The van der Waals surface area contributed by atoms with Crippen LogP contribution in [0.5, 0.6) is 0 Å². The van der Waals surface area contributed by atoms with Crippen LogP contribution >= 0.6 is 0 Å². The maximum atomic E-state index is 9.88. The number of aromatic nitrogens is 1. The molecule has 0 bridgehead atoms. The van der Waals surface area contributed by atoms with Crippen LogP contribution in [0.3, 0.4) is 0 Å². The van der Waals surface area contributed by atoms with Gasteiger partial charge in [-0.3, -0.25) is 0 Å². The normalized spacial score (nSPS) is 12.3. The summed E-state index contributed by atoms with van der Waals surface area (Å²) in [4.78, 5) is 0. The Labute approximate surface area is 96.5 Å². The van der Waals surface area contributed by atoms with Gasteiger partial charge < -0.3 is 9.67 Å². The van der Waals surface area contributed by atoms with Gasteiger partial charge in [-0.1, -0.05) is 18.2 Å². The minimum absolute atomic E-state index is 0.657. The van der Waals surface area contributed by atoms with Crippen LogP contribution in [-0.4, -0.2) is 15.3 Å². The lowest BCUT2D eigenvalue weighted by Gasteiger charge is -2.17. The number of hydrogen-bond donors (Lipinski definition) is 1. The first-order valence-electron chi connectivity index (χ1n) is 5.65. The standard InChI is InChI=1S/C14H19NO/c1-10-6-5-7-11-8-12(9-14(2,3)16)15(4)13(10)11/h5-8,16H,9H2,1-4H3. The van der Waals surface area contributed by atoms with Gasteiger partial charge in [0.15, 0.2) is 0 Å². The lowest BCUT2D eigenvalue weighted by Crippen LogP contribution is -2.23. The molecule has 0 atom stereocenters. The van der Waals surface area contributed by atoms with Crippen molar-refractivity contribution >= 4 is 10.9 Å². The SMILES string of the molecule is Cc1cccc2cc(CC(C)(C)O)n(C)c12. The van der Waals surface area contributed by atoms with E-state index in [1.54, 1.807) is 0 Å². The van der Waals surface area contributed by atoms with Crippen molar-refractivity contribution in [3.05, 3.63) is 35.5 Å². The Morgan fingerprint density at radius 3 is 2.56 bits per heavy atom. The van der Waals surface area contributed by atoms with Gasteiger partial charge >= 0.3 is 0 Å². The minimum atomic E-state index is -0.657. The van der Waals surface area contributed by atoms with Crippen molar-refractivity contribution in [3.63, 3.8) is 0 Å². The Hall–Kier alpha value is -1.28. The predicted octanol–water partition coefficient (Wildman–Crippen LogP) is 2.80. The summed E-state index contributed by atoms with van der Waals surface area (Å²) in [5.74, 6) is 0. The zero-order chi connectivity index (χ0) is 11.9. The van der Waals surface area contributed by atoms with Crippen LogP contribution in [0.1, 0.15) is 25.1 Å². The third-order valence-corrected chi connectivity index (χ3v) is 2.97. The Balaban J connectivity index is 2.57. The molecule has 2 heteroatoms. The molecule has 16 heavy (non-hydrogen) atoms. The van der Waals surface area contributed by atoms with Gasteiger partial charge in [0.1, 0.15) is 0 Å². The van der Waals surface area contributed by atoms with Gasteiger partial charge in [0, 0.05) is 24.5 Å². The molecule has 2 rings (SSSR count). The summed E-state index contributed by atoms with van der Waals surface area (Å²) < 4.78 is 2.18. The number of fused-ring (bicyclic) bond motifs is 1. The fourth-order valence-corrected chi connectivity index (χ4v) is 2.29. The fourth-order valence-electron chi connectivity index (χ4n) is 2.29. The lowest BCUT2D eigenvalue weighted by atomic mass is 10.0. The van der Waals surface area contributed by atoms with E-state index < -0.39 is 5.60 Å². The molecule has 2 nitrogen and oxygen atoms in total. The van der Waals surface area contributed by atoms with Crippen LogP contribution in [0.25, 0.3) is 10.9 Å². The number of benzene rings is 1. The van der Waals surface area contributed by atoms with E-state index in [-0.39, 0.29) is 0 Å². The van der Waals surface area contributed by atoms with Gasteiger partial charge in [-0.15, -0.1) is 0 Å². The number of rotatable bonds is 2. The number of para-hydroxylation sites is 1. The highest BCUT2D eigenvalue weighted by Gasteiger charge is 2.17. The van der Waals surface area contributed by atoms with Crippen LogP contribution in [0, 0.1) is 6.92 Å². The van der Waals surface area contributed by atoms with Crippen LogP contribution in [0.4, 0.5) is 0 Å². The van der Waals surface area contributed by atoms with Crippen molar-refractivity contribution in [2.24, 2.45) is 7.05 Å². The van der Waals surface area contributed by atoms with Crippen molar-refractivity contribution in [3.8, 4) is 0 Å². The lowest BCUT2D eigenvalue weighted by molar-refractivity contribution is 0.0793. The molecule has 0 aliphatic rings. The van der Waals surface area contributed by atoms with Gasteiger partial charge in [-0.25, -0.2) is 0 Å². The Morgan fingerprint density at radius 2 is 2.00 bits per heavy atom. The molecule has 0 saturated heterocycles. The van der Waals surface area contributed by atoms with Gasteiger partial charge in [0.25, 0.3) is 0 Å². The van der Waals surface area contributed by atoms with E-state index in [0.717, 1.165) is 0 Å². The first-order valence-corrected chi connectivity index (χ1v) is 5.65. The molecular weight excluding hydrogens is 198 g/mol. The molecule has 1 aromatic heterocycles. The molecule has 0 fully saturated rings. The van der Waals surface area contributed by atoms with Gasteiger partial charge in [-0.2, -0.15) is 0 Å². The third-order valence-electron chi connectivity index (χ3n) is 2.97. The molecular formula is C14H19NO. The quantitative estimate of drug-likeness (QED) is 0.822. The van der Waals surface area contributed by atoms with Crippen molar-refractivity contribution in [1.29, 1.82) is 0 Å². The summed E-state index contributed by atoms with van der Waals surface area (Å²) in [6.07, 6.45) is 0.678. The third kappa shape index (κ3) is 1.98. The van der Waals surface area contributed by atoms with Crippen LogP contribution in [0.2, 0.25) is 0 Å². The van der Waals surface area contributed by atoms with E-state index in [2.05, 4.69) is 42.8 Å². The summed E-state index contributed by atoms with van der Waals surface area (Å²) in [6.45, 7) is 5.81. The van der Waals surface area contributed by atoms with Crippen molar-refractivity contribution in [2.75, 3.05) is 0 Å². The largest absolute Gasteiger partial charge is 0.390 e. The second-order valence-electron chi connectivity index (χ2n) is 5.20. The zero-order valence-corrected chi connectivity index (χ0v) is 10.4. The first-order chi connectivity index (χ1) is 7.38. The number of aryl methyl sites for hydroxylation is 2. The van der Waals surface area contributed by atoms with Crippen molar-refractivity contribution in [2.45, 2.75) is 32.8 Å². The van der Waals surface area contributed by atoms with Crippen molar-refractivity contribution in [1.82, 2.24) is 4.57 Å². The Bertz CT molecular complexity index is 517. The van der Waals surface area contributed by atoms with E-state index in [0.29, 0.717) is 6.42 Å². The second kappa shape index (κ2) is 3.63. The molecule has 86 valence electrons. The molecule has 0 radical (unpaired) electrons. The summed E-state index contributed by atoms with van der Waals surface area (Å²) in [5.41, 5.74) is 3.07. The van der Waals surface area contributed by atoms with Crippen LogP contribution < -0.4 is 0 Å². The van der Waals surface area contributed by atoms with E-state index in [1.807, 2.05) is 13.8 Å². The molecule has 0 spiro atoms. The second-order valence-corrected chi connectivity index (χ2v) is 5.20. The van der Waals surface area contributed by atoms with Crippen molar-refractivity contribution < 1.29 is 5.11 Å². The molecule has 1 aromatic carbocycles. The molecule has 0 unspecified atom stereocenters. The average molecular weight is 217 g/mol. The Kier molecular flexibility index (Phi) is 2.55. The predicted molar refractivity (Wildman–Crippen MR) is 67.7 cm³/mol. The van der Waals surface area contributed by atoms with Crippen LogP contribution in [0.15, 0.2) is 24.3 Å². The summed E-state index contributed by atoms with van der Waals surface area (Å²) in [7, 11) is 2.07. The fraction of sp³-hybridized carbons (Fsp3) is 0.429. The molecule has 1 heterocycles. The van der Waals surface area contributed by atoms with Gasteiger partial charge in [-0.05, 0) is 32.4 Å². The number of aliphatic hydroxyl groups is 1. The van der Waals surface area contributed by atoms with E-state index in [4.69, 9.17) is 0 Å². The topological polar surface area (TPSA) is 25.2 Å². The maximum absolute atomic E-state index is 9.88. The van der Waals surface area contributed by atoms with Gasteiger partial charge in [0.2, 0.25) is 0 Å². The Morgan fingerprint density at radius 1 is 1.31 bits per heavy atom. The van der Waals surface area contributed by atoms with Gasteiger partial charge in [0.05, 0.1) is 11.1 Å². The van der Waals surface area contributed by atoms with Crippen LogP contribution in [-0.2, 0) is 13.5 Å². The van der Waals surface area contributed by atoms with E-state index in [1.165, 1.54) is 22.2 Å². The summed E-state index contributed by atoms with van der Waals surface area (Å²) >= 11 is 0. The first kappa shape index (κ1) is 11.2. The van der Waals surface area contributed by atoms with E-state index in [9.17, 15) is 5.11 Å². The highest BCUT2D eigenvalue weighted by Crippen LogP contribution is 2.24. The number of hydrogen-bond acceptors (Lipinski definition) is 1. The summed E-state index contributed by atoms with van der Waals surface area (Å²) in [5, 5.41) is 11.1. The molecule has 0 aliphatic heterocycles. The van der Waals surface area contributed by atoms with E-state index >= 15 is 0 Å². The maximum Gasteiger partial charge on any atom is 0.0646 e. The highest BCUT2D eigenvalue weighted by molar-refractivity contribution is 5.84. The average Bonchev–Trinajstić information content (AvgIpc) is 2.42. The molecule has 0 aliphatic carbocycles. The monoisotopic (exact) mass is 217 g/mol. The molecule has 1 N–H and O–H groups in total. The number of nitrogens with zero attached hydrogens (tertiary/aromatic N) is 1. The summed E-state index contributed by atoms with van der Waals surface area (Å²) in [6, 6.07) is 8.48.